The number of benzene rings is 2. The number of amides is 3. The predicted octanol–water partition coefficient (Wildman–Crippen LogP) is 3.18. The minimum absolute atomic E-state index is 0.0490. The van der Waals surface area contributed by atoms with Gasteiger partial charge in [-0.15, -0.1) is 0 Å². The largest absolute Gasteiger partial charge is 0.390 e. The average Bonchev–Trinajstić information content (AvgIpc) is 2.93. The van der Waals surface area contributed by atoms with Crippen molar-refractivity contribution in [1.29, 1.82) is 0 Å². The Morgan fingerprint density at radius 2 is 1.80 bits per heavy atom. The molecule has 212 valence electrons. The molecular formula is C32H40N4O4. The molecule has 1 saturated carbocycles. The van der Waals surface area contributed by atoms with Gasteiger partial charge in [-0.25, -0.2) is 0 Å². The molecule has 8 nitrogen and oxygen atoms in total. The van der Waals surface area contributed by atoms with E-state index in [0.29, 0.717) is 56.8 Å². The fourth-order valence-corrected chi connectivity index (χ4v) is 7.15. The zero-order valence-corrected chi connectivity index (χ0v) is 23.4. The molecule has 3 heterocycles. The van der Waals surface area contributed by atoms with Crippen LogP contribution in [-0.2, 0) is 28.0 Å². The average molecular weight is 545 g/mol. The molecule has 0 radical (unpaired) electrons. The third kappa shape index (κ3) is 5.27. The number of hydrogen-bond donors (Lipinski definition) is 2. The van der Waals surface area contributed by atoms with E-state index in [4.69, 9.17) is 0 Å². The minimum Gasteiger partial charge on any atom is -0.390 e. The SMILES string of the molecule is CC(=O)N1CCC(C(=O)Nc2ccc3c(c2)C(=O)N(C[C@H](O)CN2CCc4ccccc4C2)CC32CCC2)CC1. The van der Waals surface area contributed by atoms with Crippen molar-refractivity contribution in [2.45, 2.75) is 63.5 Å². The second-order valence-electron chi connectivity index (χ2n) is 12.3. The lowest BCUT2D eigenvalue weighted by atomic mass is 9.61. The highest BCUT2D eigenvalue weighted by molar-refractivity contribution is 6.00. The summed E-state index contributed by atoms with van der Waals surface area (Å²) in [5.74, 6) is -0.219. The van der Waals surface area contributed by atoms with Crippen molar-refractivity contribution in [3.8, 4) is 0 Å². The van der Waals surface area contributed by atoms with Gasteiger partial charge in [0.25, 0.3) is 5.91 Å². The number of fused-ring (bicyclic) bond motifs is 3. The summed E-state index contributed by atoms with van der Waals surface area (Å²) in [6.07, 6.45) is 4.84. The first-order chi connectivity index (χ1) is 19.3. The summed E-state index contributed by atoms with van der Waals surface area (Å²) in [5, 5.41) is 14.1. The van der Waals surface area contributed by atoms with Crippen LogP contribution >= 0.6 is 0 Å². The molecule has 0 unspecified atom stereocenters. The monoisotopic (exact) mass is 544 g/mol. The second-order valence-corrected chi connectivity index (χ2v) is 12.3. The number of rotatable bonds is 6. The van der Waals surface area contributed by atoms with Gasteiger partial charge in [-0.2, -0.15) is 0 Å². The van der Waals surface area contributed by atoms with Gasteiger partial charge >= 0.3 is 0 Å². The molecule has 2 aromatic carbocycles. The Balaban J connectivity index is 1.12. The number of likely N-dealkylation sites (tertiary alicyclic amines) is 1. The smallest absolute Gasteiger partial charge is 0.254 e. The topological polar surface area (TPSA) is 93.2 Å². The Bertz CT molecular complexity index is 1300. The van der Waals surface area contributed by atoms with Gasteiger partial charge in [-0.1, -0.05) is 36.8 Å². The Hall–Kier alpha value is -3.23. The summed E-state index contributed by atoms with van der Waals surface area (Å²) in [6, 6.07) is 14.3. The van der Waals surface area contributed by atoms with Gasteiger partial charge in [0.1, 0.15) is 0 Å². The summed E-state index contributed by atoms with van der Waals surface area (Å²) in [5.41, 5.74) is 5.00. The summed E-state index contributed by atoms with van der Waals surface area (Å²) in [6.45, 7) is 5.98. The van der Waals surface area contributed by atoms with Gasteiger partial charge in [0.05, 0.1) is 6.10 Å². The van der Waals surface area contributed by atoms with E-state index < -0.39 is 6.10 Å². The van der Waals surface area contributed by atoms with Crippen LogP contribution in [0.4, 0.5) is 5.69 Å². The zero-order chi connectivity index (χ0) is 27.9. The first kappa shape index (κ1) is 27.0. The standard InChI is InChI=1S/C32H40N4O4/c1-22(37)35-15-10-24(11-16-35)30(39)33-26-7-8-29-28(17-26)31(40)36(21-32(29)12-4-13-32)20-27(38)19-34-14-9-23-5-2-3-6-25(23)18-34/h2-3,5-8,17,24,27,38H,4,9-16,18-21H2,1H3,(H,33,39)/t27-/m1/s1. The zero-order valence-electron chi connectivity index (χ0n) is 23.4. The molecular weight excluding hydrogens is 504 g/mol. The number of hydrogen-bond acceptors (Lipinski definition) is 5. The van der Waals surface area contributed by atoms with Crippen LogP contribution in [0.5, 0.6) is 0 Å². The van der Waals surface area contributed by atoms with Crippen LogP contribution in [0, 0.1) is 5.92 Å². The van der Waals surface area contributed by atoms with Gasteiger partial charge in [0.2, 0.25) is 11.8 Å². The van der Waals surface area contributed by atoms with E-state index in [1.165, 1.54) is 11.1 Å². The summed E-state index contributed by atoms with van der Waals surface area (Å²) in [4.78, 5) is 44.3. The molecule has 2 fully saturated rings. The third-order valence-electron chi connectivity index (χ3n) is 9.60. The number of nitrogens with zero attached hydrogens (tertiary/aromatic N) is 3. The lowest BCUT2D eigenvalue weighted by Gasteiger charge is -2.50. The van der Waals surface area contributed by atoms with Crippen molar-refractivity contribution < 1.29 is 19.5 Å². The second kappa shape index (κ2) is 11.0. The molecule has 6 rings (SSSR count). The van der Waals surface area contributed by atoms with Gasteiger partial charge in [-0.05, 0) is 60.9 Å². The van der Waals surface area contributed by atoms with Crippen LogP contribution in [0.25, 0.3) is 0 Å². The fraction of sp³-hybridized carbons (Fsp3) is 0.531. The summed E-state index contributed by atoms with van der Waals surface area (Å²) >= 11 is 0. The number of nitrogens with one attached hydrogen (secondary N) is 1. The van der Waals surface area contributed by atoms with Gasteiger partial charge in [0, 0.05) is 75.3 Å². The van der Waals surface area contributed by atoms with Crippen molar-refractivity contribution in [1.82, 2.24) is 14.7 Å². The number of anilines is 1. The molecule has 4 aliphatic rings. The molecule has 3 aliphatic heterocycles. The normalized spacial score (nSPS) is 21.4. The Morgan fingerprint density at radius 1 is 1.05 bits per heavy atom. The van der Waals surface area contributed by atoms with Crippen LogP contribution in [0.3, 0.4) is 0 Å². The van der Waals surface area contributed by atoms with E-state index >= 15 is 0 Å². The fourth-order valence-electron chi connectivity index (χ4n) is 7.15. The quantitative estimate of drug-likeness (QED) is 0.583. The first-order valence-electron chi connectivity index (χ1n) is 14.8. The maximum atomic E-state index is 13.7. The van der Waals surface area contributed by atoms with Crippen molar-refractivity contribution in [2.75, 3.05) is 44.6 Å². The number of carbonyl (C=O) groups is 3. The Labute approximate surface area is 236 Å². The molecule has 0 aromatic heterocycles. The minimum atomic E-state index is -0.628. The molecule has 1 saturated heterocycles. The number of aliphatic hydroxyl groups is 1. The van der Waals surface area contributed by atoms with Gasteiger partial charge in [0.15, 0.2) is 0 Å². The predicted molar refractivity (Wildman–Crippen MR) is 153 cm³/mol. The van der Waals surface area contributed by atoms with Crippen LogP contribution in [0.15, 0.2) is 42.5 Å². The van der Waals surface area contributed by atoms with Crippen molar-refractivity contribution in [2.24, 2.45) is 5.92 Å². The number of carbonyl (C=O) groups excluding carboxylic acids is 3. The maximum absolute atomic E-state index is 13.7. The molecule has 8 heteroatoms. The van der Waals surface area contributed by atoms with Crippen LogP contribution < -0.4 is 5.32 Å². The molecule has 1 aliphatic carbocycles. The lowest BCUT2D eigenvalue weighted by molar-refractivity contribution is -0.132. The van der Waals surface area contributed by atoms with Crippen LogP contribution in [-0.4, -0.2) is 82.9 Å². The van der Waals surface area contributed by atoms with Gasteiger partial charge in [-0.3, -0.25) is 19.3 Å². The van der Waals surface area contributed by atoms with E-state index in [0.717, 1.165) is 44.3 Å². The number of β-amino-alcohol motifs (C(OH)–C–C–N with tert-alkyl or cyclic N) is 1. The first-order valence-corrected chi connectivity index (χ1v) is 14.8. The van der Waals surface area contributed by atoms with E-state index in [2.05, 4.69) is 34.5 Å². The van der Waals surface area contributed by atoms with Crippen LogP contribution in [0.2, 0.25) is 0 Å². The molecule has 2 aromatic rings. The van der Waals surface area contributed by atoms with Crippen LogP contribution in [0.1, 0.15) is 66.1 Å². The molecule has 3 amide bonds. The highest BCUT2D eigenvalue weighted by Crippen LogP contribution is 2.48. The van der Waals surface area contributed by atoms with Crippen molar-refractivity contribution in [3.05, 3.63) is 64.7 Å². The molecule has 40 heavy (non-hydrogen) atoms. The van der Waals surface area contributed by atoms with E-state index in [1.807, 2.05) is 23.1 Å². The van der Waals surface area contributed by atoms with E-state index in [9.17, 15) is 19.5 Å². The number of aliphatic hydroxyl groups excluding tert-OH is 1. The van der Waals surface area contributed by atoms with Crippen molar-refractivity contribution in [3.63, 3.8) is 0 Å². The highest BCUT2D eigenvalue weighted by Gasteiger charge is 2.47. The van der Waals surface area contributed by atoms with E-state index in [1.54, 1.807) is 11.8 Å². The molecule has 1 atom stereocenters. The molecule has 0 bridgehead atoms. The third-order valence-corrected chi connectivity index (χ3v) is 9.60. The summed E-state index contributed by atoms with van der Waals surface area (Å²) in [7, 11) is 0. The maximum Gasteiger partial charge on any atom is 0.254 e. The van der Waals surface area contributed by atoms with Gasteiger partial charge < -0.3 is 20.2 Å². The highest BCUT2D eigenvalue weighted by atomic mass is 16.3. The van der Waals surface area contributed by atoms with E-state index in [-0.39, 0.29) is 29.1 Å². The Kier molecular flexibility index (Phi) is 7.40. The number of piperidine rings is 1. The van der Waals surface area contributed by atoms with Crippen molar-refractivity contribution >= 4 is 23.4 Å². The molecule has 2 N–H and O–H groups in total. The molecule has 1 spiro atoms. The lowest BCUT2D eigenvalue weighted by Crippen LogP contribution is -2.55. The Morgan fingerprint density at radius 3 is 2.50 bits per heavy atom. The summed E-state index contributed by atoms with van der Waals surface area (Å²) < 4.78 is 0.